The van der Waals surface area contributed by atoms with Crippen molar-refractivity contribution in [1.82, 2.24) is 4.90 Å². The van der Waals surface area contributed by atoms with Gasteiger partial charge in [-0.2, -0.15) is 0 Å². The number of benzene rings is 1. The molecular formula is C16H24N2O4. The summed E-state index contributed by atoms with van der Waals surface area (Å²) in [6.45, 7) is 2.15. The average molecular weight is 308 g/mol. The molecule has 2 rings (SSSR count). The molecule has 2 N–H and O–H groups in total. The Bertz CT molecular complexity index is 500. The lowest BCUT2D eigenvalue weighted by Gasteiger charge is -2.31. The van der Waals surface area contributed by atoms with Gasteiger partial charge in [-0.25, -0.2) is 0 Å². The van der Waals surface area contributed by atoms with Crippen LogP contribution < -0.4 is 19.9 Å². The molecule has 0 aromatic heterocycles. The fourth-order valence-corrected chi connectivity index (χ4v) is 2.76. The van der Waals surface area contributed by atoms with E-state index in [1.54, 1.807) is 19.2 Å². The van der Waals surface area contributed by atoms with Crippen molar-refractivity contribution in [2.75, 3.05) is 41.0 Å². The SMILES string of the molecule is COc1cc(C(=O)N2CCC(CN)CC2)cc(OC)c1OC. The molecule has 0 atom stereocenters. The van der Waals surface area contributed by atoms with E-state index in [9.17, 15) is 4.79 Å². The highest BCUT2D eigenvalue weighted by molar-refractivity contribution is 5.95. The predicted molar refractivity (Wildman–Crippen MR) is 83.8 cm³/mol. The number of methoxy groups -OCH3 is 3. The van der Waals surface area contributed by atoms with Gasteiger partial charge in [0.05, 0.1) is 21.3 Å². The van der Waals surface area contributed by atoms with Crippen LogP contribution >= 0.6 is 0 Å². The summed E-state index contributed by atoms with van der Waals surface area (Å²) in [5.74, 6) is 1.96. The molecule has 0 bridgehead atoms. The van der Waals surface area contributed by atoms with Gasteiger partial charge in [0.25, 0.3) is 5.91 Å². The Morgan fingerprint density at radius 3 is 2.09 bits per heavy atom. The molecule has 22 heavy (non-hydrogen) atoms. The van der Waals surface area contributed by atoms with E-state index in [0.29, 0.717) is 35.3 Å². The third-order valence-corrected chi connectivity index (χ3v) is 4.15. The molecular weight excluding hydrogens is 284 g/mol. The largest absolute Gasteiger partial charge is 0.493 e. The molecule has 0 radical (unpaired) electrons. The molecule has 122 valence electrons. The Kier molecular flexibility index (Phi) is 5.49. The zero-order chi connectivity index (χ0) is 16.1. The summed E-state index contributed by atoms with van der Waals surface area (Å²) in [6, 6.07) is 3.39. The Morgan fingerprint density at radius 1 is 1.14 bits per heavy atom. The number of carbonyl (C=O) groups is 1. The first-order chi connectivity index (χ1) is 10.6. The maximum Gasteiger partial charge on any atom is 0.254 e. The second-order valence-electron chi connectivity index (χ2n) is 5.39. The standard InChI is InChI=1S/C16H24N2O4/c1-20-13-8-12(9-14(21-2)15(13)22-3)16(19)18-6-4-11(10-17)5-7-18/h8-9,11H,4-7,10,17H2,1-3H3. The van der Waals surface area contributed by atoms with Crippen molar-refractivity contribution in [2.45, 2.75) is 12.8 Å². The van der Waals surface area contributed by atoms with Crippen LogP contribution in [0.15, 0.2) is 12.1 Å². The summed E-state index contributed by atoms with van der Waals surface area (Å²) < 4.78 is 15.9. The first-order valence-electron chi connectivity index (χ1n) is 7.43. The van der Waals surface area contributed by atoms with Gasteiger partial charge >= 0.3 is 0 Å². The van der Waals surface area contributed by atoms with E-state index >= 15 is 0 Å². The number of ether oxygens (including phenoxy) is 3. The Balaban J connectivity index is 2.23. The maximum absolute atomic E-state index is 12.7. The Hall–Kier alpha value is -1.95. The lowest BCUT2D eigenvalue weighted by atomic mass is 9.96. The highest BCUT2D eigenvalue weighted by Crippen LogP contribution is 2.38. The van der Waals surface area contributed by atoms with Crippen molar-refractivity contribution in [1.29, 1.82) is 0 Å². The molecule has 1 fully saturated rings. The summed E-state index contributed by atoms with van der Waals surface area (Å²) >= 11 is 0. The molecule has 1 amide bonds. The van der Waals surface area contributed by atoms with E-state index in [1.807, 2.05) is 4.90 Å². The number of rotatable bonds is 5. The molecule has 1 aliphatic heterocycles. The van der Waals surface area contributed by atoms with Gasteiger partial charge in [0, 0.05) is 18.7 Å². The number of hydrogen-bond donors (Lipinski definition) is 1. The zero-order valence-corrected chi connectivity index (χ0v) is 13.4. The van der Waals surface area contributed by atoms with E-state index in [2.05, 4.69) is 0 Å². The van der Waals surface area contributed by atoms with Crippen LogP contribution in [0.2, 0.25) is 0 Å². The summed E-state index contributed by atoms with van der Waals surface area (Å²) in [7, 11) is 4.62. The average Bonchev–Trinajstić information content (AvgIpc) is 2.59. The molecule has 1 aromatic carbocycles. The minimum atomic E-state index is -0.0188. The van der Waals surface area contributed by atoms with Crippen molar-refractivity contribution < 1.29 is 19.0 Å². The van der Waals surface area contributed by atoms with Crippen LogP contribution in [0.1, 0.15) is 23.2 Å². The van der Waals surface area contributed by atoms with Gasteiger partial charge in [0.15, 0.2) is 11.5 Å². The molecule has 6 nitrogen and oxygen atoms in total. The lowest BCUT2D eigenvalue weighted by Crippen LogP contribution is -2.40. The van der Waals surface area contributed by atoms with Crippen LogP contribution in [0.3, 0.4) is 0 Å². The number of nitrogens with two attached hydrogens (primary N) is 1. The first-order valence-corrected chi connectivity index (χ1v) is 7.43. The maximum atomic E-state index is 12.7. The van der Waals surface area contributed by atoms with Crippen LogP contribution in [0.4, 0.5) is 0 Å². The number of likely N-dealkylation sites (tertiary alicyclic amines) is 1. The molecule has 0 saturated carbocycles. The van der Waals surface area contributed by atoms with Crippen LogP contribution in [-0.2, 0) is 0 Å². The van der Waals surface area contributed by atoms with Crippen LogP contribution in [0, 0.1) is 5.92 Å². The smallest absolute Gasteiger partial charge is 0.254 e. The summed E-state index contributed by atoms with van der Waals surface area (Å²) in [4.78, 5) is 14.5. The summed E-state index contributed by atoms with van der Waals surface area (Å²) in [5, 5.41) is 0. The van der Waals surface area contributed by atoms with Gasteiger partial charge in [-0.1, -0.05) is 0 Å². The number of carbonyl (C=O) groups excluding carboxylic acids is 1. The minimum absolute atomic E-state index is 0.0188. The number of hydrogen-bond acceptors (Lipinski definition) is 5. The fraction of sp³-hybridized carbons (Fsp3) is 0.562. The van der Waals surface area contributed by atoms with Gasteiger partial charge in [-0.05, 0) is 37.4 Å². The van der Waals surface area contributed by atoms with Crippen molar-refractivity contribution >= 4 is 5.91 Å². The van der Waals surface area contributed by atoms with E-state index in [-0.39, 0.29) is 5.91 Å². The molecule has 1 aliphatic rings. The van der Waals surface area contributed by atoms with Crippen LogP contribution in [-0.4, -0.2) is 51.8 Å². The van der Waals surface area contributed by atoms with Gasteiger partial charge in [0.2, 0.25) is 5.75 Å². The third kappa shape index (κ3) is 3.27. The van der Waals surface area contributed by atoms with E-state index in [1.165, 1.54) is 14.2 Å². The fourth-order valence-electron chi connectivity index (χ4n) is 2.76. The second-order valence-corrected chi connectivity index (χ2v) is 5.39. The third-order valence-electron chi connectivity index (χ3n) is 4.15. The molecule has 0 aliphatic carbocycles. The molecule has 1 aromatic rings. The topological polar surface area (TPSA) is 74.0 Å². The first kappa shape index (κ1) is 16.4. The Morgan fingerprint density at radius 2 is 1.68 bits per heavy atom. The monoisotopic (exact) mass is 308 g/mol. The van der Waals surface area contributed by atoms with E-state index < -0.39 is 0 Å². The van der Waals surface area contributed by atoms with Gasteiger partial charge in [0.1, 0.15) is 0 Å². The normalized spacial score (nSPS) is 15.5. The summed E-state index contributed by atoms with van der Waals surface area (Å²) in [5.41, 5.74) is 6.24. The second kappa shape index (κ2) is 7.35. The van der Waals surface area contributed by atoms with Crippen molar-refractivity contribution in [3.05, 3.63) is 17.7 Å². The van der Waals surface area contributed by atoms with Gasteiger partial charge < -0.3 is 24.8 Å². The van der Waals surface area contributed by atoms with E-state index in [4.69, 9.17) is 19.9 Å². The highest BCUT2D eigenvalue weighted by atomic mass is 16.5. The van der Waals surface area contributed by atoms with Crippen LogP contribution in [0.5, 0.6) is 17.2 Å². The van der Waals surface area contributed by atoms with Crippen molar-refractivity contribution in [2.24, 2.45) is 11.7 Å². The van der Waals surface area contributed by atoms with Crippen molar-refractivity contribution in [3.63, 3.8) is 0 Å². The number of amides is 1. The van der Waals surface area contributed by atoms with Gasteiger partial charge in [-0.15, -0.1) is 0 Å². The number of nitrogens with zero attached hydrogens (tertiary/aromatic N) is 1. The summed E-state index contributed by atoms with van der Waals surface area (Å²) in [6.07, 6.45) is 1.90. The lowest BCUT2D eigenvalue weighted by molar-refractivity contribution is 0.0692. The Labute approximate surface area is 131 Å². The minimum Gasteiger partial charge on any atom is -0.493 e. The number of piperidine rings is 1. The molecule has 1 heterocycles. The predicted octanol–water partition coefficient (Wildman–Crippen LogP) is 1.52. The van der Waals surface area contributed by atoms with E-state index in [0.717, 1.165) is 25.9 Å². The van der Waals surface area contributed by atoms with Gasteiger partial charge in [-0.3, -0.25) is 4.79 Å². The molecule has 0 unspecified atom stereocenters. The molecule has 1 saturated heterocycles. The quantitative estimate of drug-likeness (QED) is 0.893. The van der Waals surface area contributed by atoms with Crippen LogP contribution in [0.25, 0.3) is 0 Å². The zero-order valence-electron chi connectivity index (χ0n) is 13.4. The highest BCUT2D eigenvalue weighted by Gasteiger charge is 2.25. The molecule has 6 heteroatoms. The van der Waals surface area contributed by atoms with Crippen molar-refractivity contribution in [3.8, 4) is 17.2 Å². The molecule has 0 spiro atoms.